The Balaban J connectivity index is 1.91. The Hall–Kier alpha value is -1.30. The zero-order valence-corrected chi connectivity index (χ0v) is 12.9. The number of carbonyl (C=O) groups is 2. The van der Waals surface area contributed by atoms with Crippen LogP contribution in [-0.2, 0) is 4.79 Å². The smallest absolute Gasteiger partial charge is 0.320 e. The second kappa shape index (κ2) is 6.22. The minimum absolute atomic E-state index is 0.00626. The number of rotatable bonds is 3. The third-order valence-corrected chi connectivity index (χ3v) is 5.30. The molecule has 0 aliphatic carbocycles. The summed E-state index contributed by atoms with van der Waals surface area (Å²) < 4.78 is 0. The molecule has 2 saturated heterocycles. The number of likely N-dealkylation sites (tertiary alicyclic amines) is 2. The predicted molar refractivity (Wildman–Crippen MR) is 77.9 cm³/mol. The van der Waals surface area contributed by atoms with Crippen LogP contribution in [0.5, 0.6) is 0 Å². The van der Waals surface area contributed by atoms with Crippen LogP contribution in [-0.4, -0.2) is 64.3 Å². The first-order chi connectivity index (χ1) is 9.89. The molecule has 0 bridgehead atoms. The average Bonchev–Trinajstić information content (AvgIpc) is 2.96. The Morgan fingerprint density at radius 3 is 2.29 bits per heavy atom. The van der Waals surface area contributed by atoms with Crippen molar-refractivity contribution >= 4 is 12.0 Å². The summed E-state index contributed by atoms with van der Waals surface area (Å²) in [5, 5.41) is 19.0. The molecule has 0 saturated carbocycles. The molecule has 6 nitrogen and oxygen atoms in total. The molecule has 2 amide bonds. The Bertz CT molecular complexity index is 402. The summed E-state index contributed by atoms with van der Waals surface area (Å²) in [6.45, 7) is 5.97. The van der Waals surface area contributed by atoms with Crippen LogP contribution < -0.4 is 0 Å². The molecular formula is C15H26N2O4. The highest BCUT2D eigenvalue weighted by Gasteiger charge is 2.42. The molecule has 2 atom stereocenters. The molecule has 0 spiro atoms. The lowest BCUT2D eigenvalue weighted by Crippen LogP contribution is -2.50. The summed E-state index contributed by atoms with van der Waals surface area (Å²) in [5.41, 5.74) is -0.663. The van der Waals surface area contributed by atoms with Gasteiger partial charge in [0.2, 0.25) is 0 Å². The monoisotopic (exact) mass is 298 g/mol. The van der Waals surface area contributed by atoms with Gasteiger partial charge in [-0.15, -0.1) is 0 Å². The summed E-state index contributed by atoms with van der Waals surface area (Å²) in [6.07, 6.45) is 2.11. The van der Waals surface area contributed by atoms with Gasteiger partial charge in [0, 0.05) is 32.1 Å². The molecule has 120 valence electrons. The fourth-order valence-electron chi connectivity index (χ4n) is 3.40. The highest BCUT2D eigenvalue weighted by molar-refractivity contribution is 5.77. The number of nitrogens with zero attached hydrogens (tertiary/aromatic N) is 2. The van der Waals surface area contributed by atoms with Gasteiger partial charge < -0.3 is 20.0 Å². The average molecular weight is 298 g/mol. The van der Waals surface area contributed by atoms with Crippen molar-refractivity contribution in [2.24, 2.45) is 11.3 Å². The van der Waals surface area contributed by atoms with Crippen molar-refractivity contribution in [1.82, 2.24) is 9.80 Å². The minimum Gasteiger partial charge on any atom is -0.481 e. The number of hydrogen-bond acceptors (Lipinski definition) is 3. The van der Waals surface area contributed by atoms with Crippen molar-refractivity contribution in [2.75, 3.05) is 26.2 Å². The first kappa shape index (κ1) is 16.1. The molecule has 2 rings (SSSR count). The highest BCUT2D eigenvalue weighted by atomic mass is 16.4. The van der Waals surface area contributed by atoms with Gasteiger partial charge in [0.1, 0.15) is 0 Å². The number of aliphatic carboxylic acids is 1. The number of hydrogen-bond donors (Lipinski definition) is 2. The fourth-order valence-corrected chi connectivity index (χ4v) is 3.40. The number of urea groups is 1. The zero-order chi connectivity index (χ0) is 15.6. The SMILES string of the molecule is CCC1(C(=O)O)CCN(C(=O)N2CCC(C(C)O)C2)CC1. The largest absolute Gasteiger partial charge is 0.481 e. The van der Waals surface area contributed by atoms with E-state index in [1.165, 1.54) is 0 Å². The second-order valence-electron chi connectivity index (χ2n) is 6.44. The van der Waals surface area contributed by atoms with E-state index in [9.17, 15) is 19.8 Å². The van der Waals surface area contributed by atoms with Crippen LogP contribution in [0, 0.1) is 11.3 Å². The molecule has 2 heterocycles. The van der Waals surface area contributed by atoms with E-state index in [-0.39, 0.29) is 18.1 Å². The first-order valence-electron chi connectivity index (χ1n) is 7.85. The molecule has 0 aromatic heterocycles. The number of aliphatic hydroxyl groups excluding tert-OH is 1. The molecular weight excluding hydrogens is 272 g/mol. The van der Waals surface area contributed by atoms with E-state index in [1.54, 1.807) is 16.7 Å². The second-order valence-corrected chi connectivity index (χ2v) is 6.44. The number of carboxylic acids is 1. The number of aliphatic hydroxyl groups is 1. The fraction of sp³-hybridized carbons (Fsp3) is 0.867. The summed E-state index contributed by atoms with van der Waals surface area (Å²) in [6, 6.07) is -0.00626. The summed E-state index contributed by atoms with van der Waals surface area (Å²) in [5.74, 6) is -0.583. The van der Waals surface area contributed by atoms with Gasteiger partial charge in [-0.25, -0.2) is 4.79 Å². The topological polar surface area (TPSA) is 81.1 Å². The summed E-state index contributed by atoms with van der Waals surface area (Å²) >= 11 is 0. The lowest BCUT2D eigenvalue weighted by molar-refractivity contribution is -0.152. The first-order valence-corrected chi connectivity index (χ1v) is 7.85. The molecule has 2 N–H and O–H groups in total. The van der Waals surface area contributed by atoms with Gasteiger partial charge in [-0.1, -0.05) is 6.92 Å². The number of amides is 2. The van der Waals surface area contributed by atoms with Crippen LogP contribution in [0.1, 0.15) is 39.5 Å². The lowest BCUT2D eigenvalue weighted by Gasteiger charge is -2.39. The quantitative estimate of drug-likeness (QED) is 0.825. The standard InChI is InChI=1S/C15H26N2O4/c1-3-15(13(19)20)5-8-16(9-6-15)14(21)17-7-4-12(10-17)11(2)18/h11-12,18H,3-10H2,1-2H3,(H,19,20). The van der Waals surface area contributed by atoms with E-state index in [0.29, 0.717) is 45.4 Å². The van der Waals surface area contributed by atoms with Crippen LogP contribution >= 0.6 is 0 Å². The molecule has 2 unspecified atom stereocenters. The molecule has 2 aliphatic rings. The highest BCUT2D eigenvalue weighted by Crippen LogP contribution is 2.35. The van der Waals surface area contributed by atoms with Crippen LogP contribution in [0.25, 0.3) is 0 Å². The number of carbonyl (C=O) groups excluding carboxylic acids is 1. The third-order valence-electron chi connectivity index (χ3n) is 5.30. The maximum Gasteiger partial charge on any atom is 0.320 e. The summed E-state index contributed by atoms with van der Waals surface area (Å²) in [4.78, 5) is 27.4. The van der Waals surface area contributed by atoms with Crippen molar-refractivity contribution in [3.05, 3.63) is 0 Å². The summed E-state index contributed by atoms with van der Waals surface area (Å²) in [7, 11) is 0. The maximum atomic E-state index is 12.5. The van der Waals surface area contributed by atoms with Gasteiger partial charge in [-0.05, 0) is 32.6 Å². The van der Waals surface area contributed by atoms with Crippen molar-refractivity contribution in [3.8, 4) is 0 Å². The third kappa shape index (κ3) is 3.15. The van der Waals surface area contributed by atoms with E-state index in [4.69, 9.17) is 0 Å². The van der Waals surface area contributed by atoms with Crippen LogP contribution in [0.2, 0.25) is 0 Å². The van der Waals surface area contributed by atoms with Crippen molar-refractivity contribution in [2.45, 2.75) is 45.6 Å². The Morgan fingerprint density at radius 2 is 1.86 bits per heavy atom. The normalized spacial score (nSPS) is 26.7. The van der Waals surface area contributed by atoms with Crippen molar-refractivity contribution in [3.63, 3.8) is 0 Å². The Labute approximate surface area is 125 Å². The van der Waals surface area contributed by atoms with Gasteiger partial charge in [0.25, 0.3) is 0 Å². The van der Waals surface area contributed by atoms with Gasteiger partial charge in [0.05, 0.1) is 11.5 Å². The van der Waals surface area contributed by atoms with Gasteiger partial charge in [-0.2, -0.15) is 0 Å². The van der Waals surface area contributed by atoms with Crippen LogP contribution in [0.4, 0.5) is 4.79 Å². The predicted octanol–water partition coefficient (Wildman–Crippen LogP) is 1.39. The van der Waals surface area contributed by atoms with Crippen molar-refractivity contribution in [1.29, 1.82) is 0 Å². The molecule has 21 heavy (non-hydrogen) atoms. The number of piperidine rings is 1. The maximum absolute atomic E-state index is 12.5. The van der Waals surface area contributed by atoms with Crippen LogP contribution in [0.15, 0.2) is 0 Å². The van der Waals surface area contributed by atoms with E-state index >= 15 is 0 Å². The molecule has 6 heteroatoms. The van der Waals surface area contributed by atoms with E-state index in [0.717, 1.165) is 6.42 Å². The van der Waals surface area contributed by atoms with Gasteiger partial charge in [0.15, 0.2) is 0 Å². The molecule has 0 radical (unpaired) electrons. The molecule has 0 aromatic carbocycles. The Kier molecular flexibility index (Phi) is 4.76. The minimum atomic E-state index is -0.743. The Morgan fingerprint density at radius 1 is 1.24 bits per heavy atom. The lowest BCUT2D eigenvalue weighted by atomic mass is 9.76. The number of carboxylic acid groups (broad SMARTS) is 1. The molecule has 2 aliphatic heterocycles. The van der Waals surface area contributed by atoms with Crippen molar-refractivity contribution < 1.29 is 19.8 Å². The van der Waals surface area contributed by atoms with E-state index in [2.05, 4.69) is 0 Å². The van der Waals surface area contributed by atoms with E-state index < -0.39 is 11.4 Å². The molecule has 2 fully saturated rings. The van der Waals surface area contributed by atoms with E-state index in [1.807, 2.05) is 6.92 Å². The van der Waals surface area contributed by atoms with Gasteiger partial charge >= 0.3 is 12.0 Å². The molecule has 0 aromatic rings. The zero-order valence-electron chi connectivity index (χ0n) is 12.9. The van der Waals surface area contributed by atoms with Crippen LogP contribution in [0.3, 0.4) is 0 Å². The van der Waals surface area contributed by atoms with Gasteiger partial charge in [-0.3, -0.25) is 4.79 Å².